The van der Waals surface area contributed by atoms with E-state index in [2.05, 4.69) is 54.8 Å². The minimum absolute atomic E-state index is 0.275. The molecular weight excluding hydrogens is 304 g/mol. The smallest absolute Gasteiger partial charge is 0.158 e. The third kappa shape index (κ3) is 3.95. The Morgan fingerprint density at radius 1 is 1.21 bits per heavy atom. The molecule has 1 aliphatic rings. The maximum Gasteiger partial charge on any atom is 0.158 e. The molecule has 0 radical (unpaired) electrons. The maximum atomic E-state index is 8.72. The van der Waals surface area contributed by atoms with Crippen LogP contribution in [0.4, 0.5) is 17.5 Å². The lowest BCUT2D eigenvalue weighted by Gasteiger charge is -2.20. The number of hydrogen-bond donors (Lipinski definition) is 2. The Morgan fingerprint density at radius 3 is 2.79 bits per heavy atom. The minimum Gasteiger partial charge on any atom is -0.377 e. The topological polar surface area (TPSA) is 103 Å². The van der Waals surface area contributed by atoms with Gasteiger partial charge in [0, 0.05) is 25.7 Å². The second kappa shape index (κ2) is 7.37. The molecule has 2 aromatic rings. The molecule has 3 rings (SSSR count). The zero-order valence-corrected chi connectivity index (χ0v) is 13.3. The van der Waals surface area contributed by atoms with E-state index in [4.69, 9.17) is 5.26 Å². The van der Waals surface area contributed by atoms with Gasteiger partial charge in [0.05, 0.1) is 12.4 Å². The van der Waals surface area contributed by atoms with Crippen LogP contribution in [0.1, 0.15) is 18.5 Å². The van der Waals surface area contributed by atoms with Crippen LogP contribution in [0.15, 0.2) is 37.1 Å². The average Bonchev–Trinajstić information content (AvgIpc) is 3.01. The largest absolute Gasteiger partial charge is 0.377 e. The van der Waals surface area contributed by atoms with Crippen molar-refractivity contribution in [1.29, 1.82) is 5.26 Å². The fourth-order valence-electron chi connectivity index (χ4n) is 2.46. The highest BCUT2D eigenvalue weighted by Crippen LogP contribution is 2.16. The molecule has 0 amide bonds. The third-order valence-corrected chi connectivity index (χ3v) is 3.80. The quantitative estimate of drug-likeness (QED) is 0.831. The molecule has 0 bridgehead atoms. The van der Waals surface area contributed by atoms with Gasteiger partial charge in [-0.1, -0.05) is 6.08 Å². The molecule has 2 N–H and O–H groups in total. The SMILES string of the molecule is CN1C=CCC1CCNc1cc(Nc2cnc(C#N)cn2)ncn1. The van der Waals surface area contributed by atoms with Gasteiger partial charge in [0.1, 0.15) is 29.9 Å². The molecule has 1 aliphatic heterocycles. The molecule has 0 aliphatic carbocycles. The van der Waals surface area contributed by atoms with E-state index in [0.717, 1.165) is 25.2 Å². The van der Waals surface area contributed by atoms with Crippen LogP contribution in [0, 0.1) is 11.3 Å². The van der Waals surface area contributed by atoms with Crippen molar-refractivity contribution in [3.05, 3.63) is 42.8 Å². The van der Waals surface area contributed by atoms with Gasteiger partial charge in [-0.05, 0) is 19.0 Å². The predicted octanol–water partition coefficient (Wildman–Crippen LogP) is 1.90. The zero-order valence-electron chi connectivity index (χ0n) is 13.3. The predicted molar refractivity (Wildman–Crippen MR) is 90.5 cm³/mol. The van der Waals surface area contributed by atoms with Crippen LogP contribution >= 0.6 is 0 Å². The third-order valence-electron chi connectivity index (χ3n) is 3.80. The highest BCUT2D eigenvalue weighted by Gasteiger charge is 2.14. The highest BCUT2D eigenvalue weighted by atomic mass is 15.1. The number of nitrogens with one attached hydrogen (secondary N) is 2. The first kappa shape index (κ1) is 15.7. The second-order valence-corrected chi connectivity index (χ2v) is 5.47. The summed E-state index contributed by atoms with van der Waals surface area (Å²) in [7, 11) is 2.10. The summed E-state index contributed by atoms with van der Waals surface area (Å²) >= 11 is 0. The minimum atomic E-state index is 0.275. The van der Waals surface area contributed by atoms with E-state index in [1.807, 2.05) is 12.1 Å². The number of aromatic nitrogens is 4. The summed E-state index contributed by atoms with van der Waals surface area (Å²) in [6.45, 7) is 0.837. The van der Waals surface area contributed by atoms with E-state index in [-0.39, 0.29) is 5.69 Å². The summed E-state index contributed by atoms with van der Waals surface area (Å²) in [6.07, 6.45) is 10.8. The summed E-state index contributed by atoms with van der Waals surface area (Å²) in [4.78, 5) is 18.7. The number of rotatable bonds is 6. The Kier molecular flexibility index (Phi) is 4.81. The molecule has 1 atom stereocenters. The summed E-state index contributed by atoms with van der Waals surface area (Å²) in [6, 6.07) is 4.29. The van der Waals surface area contributed by atoms with Gasteiger partial charge in [0.15, 0.2) is 5.69 Å². The van der Waals surface area contributed by atoms with E-state index >= 15 is 0 Å². The molecule has 0 saturated carbocycles. The molecule has 3 heterocycles. The van der Waals surface area contributed by atoms with E-state index < -0.39 is 0 Å². The van der Waals surface area contributed by atoms with Crippen LogP contribution in [-0.2, 0) is 0 Å². The Morgan fingerprint density at radius 2 is 2.08 bits per heavy atom. The Balaban J connectivity index is 1.54. The first-order valence-corrected chi connectivity index (χ1v) is 7.68. The fourth-order valence-corrected chi connectivity index (χ4v) is 2.46. The number of anilines is 3. The normalized spacial score (nSPS) is 16.0. The number of nitriles is 1. The molecular formula is C16H18N8. The standard InChI is InChI=1S/C16H18N8/c1-24-6-2-3-13(24)4-5-18-14-7-15(22-11-21-14)23-16-10-19-12(8-17)9-20-16/h2,6-7,9-11,13H,3-5H2,1H3,(H2,18,20,21,22,23). The van der Waals surface area contributed by atoms with E-state index in [1.165, 1.54) is 18.7 Å². The molecule has 122 valence electrons. The molecule has 2 aromatic heterocycles. The van der Waals surface area contributed by atoms with Gasteiger partial charge in [0.2, 0.25) is 0 Å². The van der Waals surface area contributed by atoms with Crippen LogP contribution in [0.25, 0.3) is 0 Å². The maximum absolute atomic E-state index is 8.72. The molecule has 8 nitrogen and oxygen atoms in total. The molecule has 1 unspecified atom stereocenters. The van der Waals surface area contributed by atoms with Crippen molar-refractivity contribution >= 4 is 17.5 Å². The molecule has 0 saturated heterocycles. The van der Waals surface area contributed by atoms with Gasteiger partial charge < -0.3 is 15.5 Å². The van der Waals surface area contributed by atoms with Crippen molar-refractivity contribution in [2.45, 2.75) is 18.9 Å². The first-order chi connectivity index (χ1) is 11.7. The molecule has 0 aromatic carbocycles. The number of hydrogen-bond acceptors (Lipinski definition) is 8. The Labute approximate surface area is 140 Å². The lowest BCUT2D eigenvalue weighted by atomic mass is 10.1. The van der Waals surface area contributed by atoms with Gasteiger partial charge in [-0.3, -0.25) is 0 Å². The van der Waals surface area contributed by atoms with Crippen molar-refractivity contribution in [2.24, 2.45) is 0 Å². The fraction of sp³-hybridized carbons (Fsp3) is 0.312. The lowest BCUT2D eigenvalue weighted by Crippen LogP contribution is -2.25. The van der Waals surface area contributed by atoms with Crippen molar-refractivity contribution in [3.63, 3.8) is 0 Å². The van der Waals surface area contributed by atoms with Gasteiger partial charge >= 0.3 is 0 Å². The van der Waals surface area contributed by atoms with Crippen LogP contribution < -0.4 is 10.6 Å². The molecule has 0 spiro atoms. The number of nitrogens with zero attached hydrogens (tertiary/aromatic N) is 6. The molecule has 0 fully saturated rings. The summed E-state index contributed by atoms with van der Waals surface area (Å²) < 4.78 is 0. The van der Waals surface area contributed by atoms with Crippen LogP contribution in [0.2, 0.25) is 0 Å². The van der Waals surface area contributed by atoms with E-state index in [1.54, 1.807) is 0 Å². The van der Waals surface area contributed by atoms with Crippen LogP contribution in [0.5, 0.6) is 0 Å². The monoisotopic (exact) mass is 322 g/mol. The van der Waals surface area contributed by atoms with Crippen molar-refractivity contribution in [1.82, 2.24) is 24.8 Å². The van der Waals surface area contributed by atoms with Gasteiger partial charge in [-0.2, -0.15) is 5.26 Å². The van der Waals surface area contributed by atoms with Crippen molar-refractivity contribution in [2.75, 3.05) is 24.2 Å². The van der Waals surface area contributed by atoms with Crippen LogP contribution in [0.3, 0.4) is 0 Å². The summed E-state index contributed by atoms with van der Waals surface area (Å²) in [5.41, 5.74) is 0.275. The van der Waals surface area contributed by atoms with E-state index in [0.29, 0.717) is 17.7 Å². The average molecular weight is 322 g/mol. The molecule has 8 heteroatoms. The highest BCUT2D eigenvalue weighted by molar-refractivity contribution is 5.54. The van der Waals surface area contributed by atoms with E-state index in [9.17, 15) is 0 Å². The Hall–Kier alpha value is -3.21. The van der Waals surface area contributed by atoms with Gasteiger partial charge in [-0.25, -0.2) is 19.9 Å². The van der Waals surface area contributed by atoms with Gasteiger partial charge in [0.25, 0.3) is 0 Å². The van der Waals surface area contributed by atoms with Crippen LogP contribution in [-0.4, -0.2) is 44.5 Å². The van der Waals surface area contributed by atoms with Gasteiger partial charge in [-0.15, -0.1) is 0 Å². The van der Waals surface area contributed by atoms with Crippen molar-refractivity contribution < 1.29 is 0 Å². The lowest BCUT2D eigenvalue weighted by molar-refractivity contribution is 0.345. The molecule has 24 heavy (non-hydrogen) atoms. The van der Waals surface area contributed by atoms with Crippen molar-refractivity contribution in [3.8, 4) is 6.07 Å². The Bertz CT molecular complexity index is 749. The summed E-state index contributed by atoms with van der Waals surface area (Å²) in [5, 5.41) is 15.1. The zero-order chi connectivity index (χ0) is 16.8. The summed E-state index contributed by atoms with van der Waals surface area (Å²) in [5.74, 6) is 1.89. The first-order valence-electron chi connectivity index (χ1n) is 7.68. The second-order valence-electron chi connectivity index (χ2n) is 5.47.